The highest BCUT2D eigenvalue weighted by Crippen LogP contribution is 2.37. The van der Waals surface area contributed by atoms with Crippen LogP contribution in [0.5, 0.6) is 5.88 Å². The molecule has 5 atom stereocenters. The first kappa shape index (κ1) is 23.1. The zero-order valence-corrected chi connectivity index (χ0v) is 18.9. The Morgan fingerprint density at radius 1 is 1.28 bits per heavy atom. The average molecular weight is 485 g/mol. The van der Waals surface area contributed by atoms with Crippen LogP contribution < -0.4 is 15.2 Å². The third-order valence-corrected chi connectivity index (χ3v) is 6.53. The number of fused-ring (bicyclic) bond motifs is 1. The predicted molar refractivity (Wildman–Crippen MR) is 117 cm³/mol. The van der Waals surface area contributed by atoms with Crippen LogP contribution in [0.4, 0.5) is 5.82 Å². The summed E-state index contributed by atoms with van der Waals surface area (Å²) in [5.74, 6) is 0.510. The lowest BCUT2D eigenvalue weighted by atomic mass is 10.1. The molecule has 5 unspecified atom stereocenters. The topological polar surface area (TPSA) is 146 Å². The van der Waals surface area contributed by atoms with Crippen molar-refractivity contribution in [3.63, 3.8) is 0 Å². The molecule has 2 aliphatic rings. The first-order chi connectivity index (χ1) is 15.2. The number of nitrogens with one attached hydrogen (secondary N) is 1. The van der Waals surface area contributed by atoms with Gasteiger partial charge in [-0.15, -0.1) is 0 Å². The molecule has 0 radical (unpaired) electrons. The van der Waals surface area contributed by atoms with E-state index in [9.17, 15) is 13.5 Å². The molecule has 0 bridgehead atoms. The Balaban J connectivity index is 1.41. The number of nitrogens with two attached hydrogens (primary N) is 1. The van der Waals surface area contributed by atoms with Gasteiger partial charge in [-0.25, -0.2) is 15.1 Å². The minimum absolute atomic E-state index is 0.0765. The fourth-order valence-corrected chi connectivity index (χ4v) is 4.86. The summed E-state index contributed by atoms with van der Waals surface area (Å²) in [5.41, 5.74) is 2.22. The first-order valence-corrected chi connectivity index (χ1v) is 12.0. The second-order valence-electron chi connectivity index (χ2n) is 8.00. The van der Waals surface area contributed by atoms with E-state index in [1.54, 1.807) is 13.2 Å². The maximum absolute atomic E-state index is 11.0. The third-order valence-electron chi connectivity index (χ3n) is 5.83. The summed E-state index contributed by atoms with van der Waals surface area (Å²) < 4.78 is 38.2. The number of hydrogen-bond donors (Lipinski definition) is 3. The van der Waals surface area contributed by atoms with Crippen LogP contribution in [0.1, 0.15) is 30.0 Å². The molecule has 2 aromatic rings. The lowest BCUT2D eigenvalue weighted by molar-refractivity contribution is 0.0958. The number of benzene rings is 1. The van der Waals surface area contributed by atoms with Crippen LogP contribution in [0.3, 0.4) is 0 Å². The fourth-order valence-electron chi connectivity index (χ4n) is 4.30. The van der Waals surface area contributed by atoms with Crippen molar-refractivity contribution in [3.8, 4) is 5.88 Å². The molecule has 4 rings (SSSR count). The van der Waals surface area contributed by atoms with Crippen molar-refractivity contribution in [1.82, 2.24) is 9.97 Å². The monoisotopic (exact) mass is 484 g/mol. The first-order valence-electron chi connectivity index (χ1n) is 10.1. The largest absolute Gasteiger partial charge is 0.474 e. The lowest BCUT2D eigenvalue weighted by Crippen LogP contribution is -2.24. The van der Waals surface area contributed by atoms with Gasteiger partial charge in [-0.3, -0.25) is 4.18 Å². The summed E-state index contributed by atoms with van der Waals surface area (Å²) in [7, 11) is -2.39. The molecular formula is C20H25ClN4O6S. The van der Waals surface area contributed by atoms with Crippen molar-refractivity contribution in [2.45, 2.75) is 43.6 Å². The van der Waals surface area contributed by atoms with Crippen molar-refractivity contribution in [3.05, 3.63) is 46.7 Å². The summed E-state index contributed by atoms with van der Waals surface area (Å²) in [6, 6.07) is 7.35. The number of anilines is 1. The number of aliphatic hydroxyl groups is 1. The highest BCUT2D eigenvalue weighted by molar-refractivity contribution is 7.84. The minimum atomic E-state index is -4.06. The molecular weight excluding hydrogens is 460 g/mol. The van der Waals surface area contributed by atoms with Gasteiger partial charge >= 0.3 is 10.3 Å². The Morgan fingerprint density at radius 3 is 2.84 bits per heavy atom. The second kappa shape index (κ2) is 9.46. The molecule has 10 nitrogen and oxygen atoms in total. The van der Waals surface area contributed by atoms with E-state index in [1.165, 1.54) is 6.33 Å². The van der Waals surface area contributed by atoms with E-state index >= 15 is 0 Å². The van der Waals surface area contributed by atoms with E-state index in [0.29, 0.717) is 29.6 Å². The fraction of sp³-hybridized carbons (Fsp3) is 0.500. The Morgan fingerprint density at radius 2 is 2.09 bits per heavy atom. The minimum Gasteiger partial charge on any atom is -0.474 e. The standard InChI is InChI=1S/C20H25ClN4O6S/c1-29-17-6-11-4-13(21)2-3-15(11)20(17)25-18-8-19(24-10-23-18)31-14-5-12(16(26)7-14)9-30-32(22,27)28/h2-4,8,10,12,14,16-17,20,26H,5-7,9H2,1H3,(H2,22,27,28)(H,23,24,25). The number of halogens is 1. The highest BCUT2D eigenvalue weighted by atomic mass is 35.5. The van der Waals surface area contributed by atoms with Crippen LogP contribution in [-0.2, 0) is 25.6 Å². The van der Waals surface area contributed by atoms with Crippen LogP contribution >= 0.6 is 11.6 Å². The average Bonchev–Trinajstić information content (AvgIpc) is 3.25. The summed E-state index contributed by atoms with van der Waals surface area (Å²) in [5, 5.41) is 19.1. The summed E-state index contributed by atoms with van der Waals surface area (Å²) >= 11 is 6.13. The molecule has 174 valence electrons. The van der Waals surface area contributed by atoms with Gasteiger partial charge in [-0.05, 0) is 29.7 Å². The number of rotatable bonds is 8. The van der Waals surface area contributed by atoms with Crippen molar-refractivity contribution < 1.29 is 27.2 Å². The maximum atomic E-state index is 11.0. The number of hydrogen-bond acceptors (Lipinski definition) is 9. The van der Waals surface area contributed by atoms with Gasteiger partial charge in [0, 0.05) is 37.0 Å². The summed E-state index contributed by atoms with van der Waals surface area (Å²) in [6.45, 7) is -0.194. The van der Waals surface area contributed by atoms with E-state index in [-0.39, 0.29) is 24.9 Å². The molecule has 0 amide bonds. The Hall–Kier alpha value is -2.02. The van der Waals surface area contributed by atoms with Gasteiger partial charge in [-0.2, -0.15) is 8.42 Å². The van der Waals surface area contributed by atoms with Crippen LogP contribution in [0.15, 0.2) is 30.6 Å². The van der Waals surface area contributed by atoms with Crippen molar-refractivity contribution >= 4 is 27.7 Å². The van der Waals surface area contributed by atoms with E-state index in [0.717, 1.165) is 17.5 Å². The molecule has 1 aromatic carbocycles. The van der Waals surface area contributed by atoms with E-state index in [4.69, 9.17) is 26.2 Å². The number of nitrogens with zero attached hydrogens (tertiary/aromatic N) is 2. The quantitative estimate of drug-likeness (QED) is 0.508. The van der Waals surface area contributed by atoms with E-state index < -0.39 is 22.3 Å². The molecule has 0 saturated heterocycles. The molecule has 1 saturated carbocycles. The van der Waals surface area contributed by atoms with Crippen LogP contribution in [0.2, 0.25) is 5.02 Å². The molecule has 0 aliphatic heterocycles. The third kappa shape index (κ3) is 5.48. The molecule has 2 aliphatic carbocycles. The SMILES string of the molecule is COC1Cc2cc(Cl)ccc2C1Nc1cc(OC2CC(O)C(COS(N)(=O)=O)C2)ncn1. The van der Waals surface area contributed by atoms with Crippen molar-refractivity contribution in [2.75, 3.05) is 19.0 Å². The lowest BCUT2D eigenvalue weighted by Gasteiger charge is -2.21. The van der Waals surface area contributed by atoms with Crippen LogP contribution in [-0.4, -0.2) is 55.5 Å². The van der Waals surface area contributed by atoms with Crippen LogP contribution in [0, 0.1) is 5.92 Å². The molecule has 1 aromatic heterocycles. The zero-order chi connectivity index (χ0) is 22.9. The highest BCUT2D eigenvalue weighted by Gasteiger charge is 2.36. The molecule has 4 N–H and O–H groups in total. The number of aromatic nitrogens is 2. The van der Waals surface area contributed by atoms with E-state index in [2.05, 4.69) is 19.5 Å². The Labute approximate surface area is 191 Å². The smallest absolute Gasteiger partial charge is 0.333 e. The molecule has 1 heterocycles. The van der Waals surface area contributed by atoms with Gasteiger partial charge in [0.2, 0.25) is 5.88 Å². The van der Waals surface area contributed by atoms with E-state index in [1.807, 2.05) is 18.2 Å². The van der Waals surface area contributed by atoms with Crippen molar-refractivity contribution in [2.24, 2.45) is 11.1 Å². The van der Waals surface area contributed by atoms with Crippen LogP contribution in [0.25, 0.3) is 0 Å². The second-order valence-corrected chi connectivity index (χ2v) is 9.66. The Bertz CT molecular complexity index is 1070. The van der Waals surface area contributed by atoms with Gasteiger partial charge in [0.1, 0.15) is 18.2 Å². The van der Waals surface area contributed by atoms with Gasteiger partial charge in [-0.1, -0.05) is 17.7 Å². The molecule has 1 fully saturated rings. The van der Waals surface area contributed by atoms with Gasteiger partial charge in [0.25, 0.3) is 0 Å². The number of aliphatic hydroxyl groups excluding tert-OH is 1. The normalized spacial score (nSPS) is 27.3. The zero-order valence-electron chi connectivity index (χ0n) is 17.3. The van der Waals surface area contributed by atoms with Gasteiger partial charge in [0.05, 0.1) is 24.9 Å². The van der Waals surface area contributed by atoms with Gasteiger partial charge in [0.15, 0.2) is 0 Å². The number of methoxy groups -OCH3 is 1. The Kier molecular flexibility index (Phi) is 6.84. The molecule has 12 heteroatoms. The predicted octanol–water partition coefficient (Wildman–Crippen LogP) is 1.59. The number of ether oxygens (including phenoxy) is 2. The summed E-state index contributed by atoms with van der Waals surface area (Å²) in [6.07, 6.45) is 1.69. The molecule has 0 spiro atoms. The summed E-state index contributed by atoms with van der Waals surface area (Å²) in [4.78, 5) is 8.45. The molecule has 32 heavy (non-hydrogen) atoms. The van der Waals surface area contributed by atoms with Gasteiger partial charge < -0.3 is 19.9 Å². The van der Waals surface area contributed by atoms with Crippen molar-refractivity contribution in [1.29, 1.82) is 0 Å². The maximum Gasteiger partial charge on any atom is 0.333 e.